The summed E-state index contributed by atoms with van der Waals surface area (Å²) in [6, 6.07) is 2.98. The molecule has 8 nitrogen and oxygen atoms in total. The fourth-order valence-corrected chi connectivity index (χ4v) is 4.14. The van der Waals surface area contributed by atoms with Gasteiger partial charge in [0.2, 0.25) is 11.2 Å². The van der Waals surface area contributed by atoms with Crippen molar-refractivity contribution in [2.75, 3.05) is 31.1 Å². The maximum Gasteiger partial charge on any atom is 0.266 e. The number of aromatic nitrogens is 1. The molecule has 1 unspecified atom stereocenters. The number of halogens is 1. The van der Waals surface area contributed by atoms with Gasteiger partial charge in [-0.05, 0) is 37.6 Å². The summed E-state index contributed by atoms with van der Waals surface area (Å²) in [5.41, 5.74) is 1.18. The molecular weight excluding hydrogens is 379 g/mol. The standard InChI is InChI=1S/C20H21FN4O4/c1-2-23-9-14(19(26)11-25(28)29)20(27)13-6-15(21)18(7-17(13)23)24-8-12-4-3-5-22-16(12)10-24/h4,6-7,9,16,22H,2-3,5,8,10-11H2,1H3. The monoisotopic (exact) mass is 400 g/mol. The maximum absolute atomic E-state index is 15.0. The van der Waals surface area contributed by atoms with Gasteiger partial charge in [0.15, 0.2) is 0 Å². The highest BCUT2D eigenvalue weighted by Crippen LogP contribution is 2.30. The summed E-state index contributed by atoms with van der Waals surface area (Å²) in [6.07, 6.45) is 4.48. The number of ketones is 1. The number of hydrogen-bond acceptors (Lipinski definition) is 6. The van der Waals surface area contributed by atoms with Gasteiger partial charge in [-0.3, -0.25) is 19.7 Å². The van der Waals surface area contributed by atoms with Crippen molar-refractivity contribution in [2.45, 2.75) is 25.9 Å². The van der Waals surface area contributed by atoms with Gasteiger partial charge in [-0.2, -0.15) is 0 Å². The molecule has 0 amide bonds. The molecule has 2 aliphatic heterocycles. The molecule has 2 aromatic rings. The molecule has 1 aromatic carbocycles. The van der Waals surface area contributed by atoms with Gasteiger partial charge in [-0.1, -0.05) is 6.08 Å². The van der Waals surface area contributed by atoms with Crippen LogP contribution in [-0.4, -0.2) is 47.5 Å². The number of hydrogen-bond donors (Lipinski definition) is 1. The predicted octanol–water partition coefficient (Wildman–Crippen LogP) is 1.73. The number of nitrogens with zero attached hydrogens (tertiary/aromatic N) is 3. The number of nitro groups is 1. The molecule has 29 heavy (non-hydrogen) atoms. The Morgan fingerprint density at radius 3 is 2.90 bits per heavy atom. The molecule has 1 saturated heterocycles. The van der Waals surface area contributed by atoms with E-state index in [1.165, 1.54) is 11.8 Å². The largest absolute Gasteiger partial charge is 0.363 e. The molecule has 2 aliphatic rings. The van der Waals surface area contributed by atoms with Crippen molar-refractivity contribution in [3.05, 3.63) is 61.7 Å². The molecule has 9 heteroatoms. The summed E-state index contributed by atoms with van der Waals surface area (Å²) in [6.45, 7) is 3.45. The molecule has 1 fully saturated rings. The number of aryl methyl sites for hydroxylation is 1. The fraction of sp³-hybridized carbons (Fsp3) is 0.400. The van der Waals surface area contributed by atoms with E-state index in [9.17, 15) is 24.1 Å². The highest BCUT2D eigenvalue weighted by atomic mass is 19.1. The van der Waals surface area contributed by atoms with Crippen LogP contribution in [0.3, 0.4) is 0 Å². The van der Waals surface area contributed by atoms with Gasteiger partial charge in [0.1, 0.15) is 5.82 Å². The minimum absolute atomic E-state index is 0.0521. The lowest BCUT2D eigenvalue weighted by atomic mass is 10.1. The lowest BCUT2D eigenvalue weighted by Gasteiger charge is -2.21. The second kappa shape index (κ2) is 7.40. The quantitative estimate of drug-likeness (QED) is 0.355. The zero-order chi connectivity index (χ0) is 20.7. The first-order valence-corrected chi connectivity index (χ1v) is 9.58. The Morgan fingerprint density at radius 1 is 1.41 bits per heavy atom. The molecule has 0 spiro atoms. The van der Waals surface area contributed by atoms with Gasteiger partial charge in [0, 0.05) is 42.2 Å². The highest BCUT2D eigenvalue weighted by molar-refractivity contribution is 5.99. The van der Waals surface area contributed by atoms with Gasteiger partial charge in [0.05, 0.1) is 16.8 Å². The summed E-state index contributed by atoms with van der Waals surface area (Å²) in [5, 5.41) is 14.1. The molecular formula is C20H21FN4O4. The van der Waals surface area contributed by atoms with Crippen molar-refractivity contribution in [1.82, 2.24) is 9.88 Å². The molecule has 0 aliphatic carbocycles. The topological polar surface area (TPSA) is 97.5 Å². The molecule has 152 valence electrons. The fourth-order valence-electron chi connectivity index (χ4n) is 4.14. The number of anilines is 1. The van der Waals surface area contributed by atoms with Crippen LogP contribution in [-0.2, 0) is 6.54 Å². The average Bonchev–Trinajstić information content (AvgIpc) is 3.11. The minimum Gasteiger partial charge on any atom is -0.363 e. The van der Waals surface area contributed by atoms with Crippen LogP contribution in [0.15, 0.2) is 34.8 Å². The number of benzene rings is 1. The Morgan fingerprint density at radius 2 is 2.21 bits per heavy atom. The molecule has 1 aromatic heterocycles. The third kappa shape index (κ3) is 3.42. The first-order chi connectivity index (χ1) is 13.9. The van der Waals surface area contributed by atoms with Crippen LogP contribution in [0, 0.1) is 15.9 Å². The Bertz CT molecular complexity index is 1110. The van der Waals surface area contributed by atoms with E-state index in [1.54, 1.807) is 10.6 Å². The first-order valence-electron chi connectivity index (χ1n) is 9.58. The molecule has 0 saturated carbocycles. The third-order valence-electron chi connectivity index (χ3n) is 5.57. The van der Waals surface area contributed by atoms with E-state index in [2.05, 4.69) is 11.4 Å². The number of nitrogens with one attached hydrogen (secondary N) is 1. The van der Waals surface area contributed by atoms with Gasteiger partial charge in [-0.15, -0.1) is 0 Å². The summed E-state index contributed by atoms with van der Waals surface area (Å²) in [5.74, 6) is -1.43. The molecule has 4 rings (SSSR count). The van der Waals surface area contributed by atoms with Crippen LogP contribution in [0.5, 0.6) is 0 Å². The number of carbonyl (C=O) groups excluding carboxylic acids is 1. The maximum atomic E-state index is 15.0. The zero-order valence-electron chi connectivity index (χ0n) is 16.0. The van der Waals surface area contributed by atoms with E-state index in [0.29, 0.717) is 30.8 Å². The lowest BCUT2D eigenvalue weighted by molar-refractivity contribution is -0.465. The molecule has 1 N–H and O–H groups in total. The summed E-state index contributed by atoms with van der Waals surface area (Å²) >= 11 is 0. The van der Waals surface area contributed by atoms with Gasteiger partial charge >= 0.3 is 0 Å². The smallest absolute Gasteiger partial charge is 0.266 e. The number of Topliss-reactive ketones (excluding diaryl/α,β-unsaturated/α-hetero) is 1. The second-order valence-electron chi connectivity index (χ2n) is 7.35. The number of carbonyl (C=O) groups is 1. The van der Waals surface area contributed by atoms with Crippen LogP contribution >= 0.6 is 0 Å². The van der Waals surface area contributed by atoms with Gasteiger partial charge < -0.3 is 14.8 Å². The van der Waals surface area contributed by atoms with E-state index in [-0.39, 0.29) is 17.0 Å². The van der Waals surface area contributed by atoms with E-state index >= 15 is 0 Å². The van der Waals surface area contributed by atoms with Gasteiger partial charge in [-0.25, -0.2) is 4.39 Å². The Labute approximate surface area is 165 Å². The average molecular weight is 400 g/mol. The van der Waals surface area contributed by atoms with Crippen molar-refractivity contribution in [1.29, 1.82) is 0 Å². The normalized spacial score (nSPS) is 18.6. The molecule has 0 bridgehead atoms. The highest BCUT2D eigenvalue weighted by Gasteiger charge is 2.30. The number of pyridine rings is 1. The van der Waals surface area contributed by atoms with Crippen LogP contribution in [0.2, 0.25) is 0 Å². The van der Waals surface area contributed by atoms with E-state index in [1.807, 2.05) is 11.8 Å². The Hall–Kier alpha value is -3.07. The van der Waals surface area contributed by atoms with Crippen LogP contribution < -0.4 is 15.6 Å². The van der Waals surface area contributed by atoms with Crippen molar-refractivity contribution in [2.24, 2.45) is 0 Å². The van der Waals surface area contributed by atoms with Crippen molar-refractivity contribution in [3.63, 3.8) is 0 Å². The number of fused-ring (bicyclic) bond motifs is 2. The summed E-state index contributed by atoms with van der Waals surface area (Å²) < 4.78 is 16.6. The predicted molar refractivity (Wildman–Crippen MR) is 107 cm³/mol. The minimum atomic E-state index is -0.970. The van der Waals surface area contributed by atoms with Crippen LogP contribution in [0.25, 0.3) is 10.9 Å². The zero-order valence-corrected chi connectivity index (χ0v) is 16.0. The first kappa shape index (κ1) is 19.3. The second-order valence-corrected chi connectivity index (χ2v) is 7.35. The SMILES string of the molecule is CCn1cc(C(=O)C[N+](=O)[O-])c(=O)c2cc(F)c(N3CC4=CCCNC4C3)cc21. The van der Waals surface area contributed by atoms with E-state index < -0.39 is 28.5 Å². The molecule has 1 atom stereocenters. The summed E-state index contributed by atoms with van der Waals surface area (Å²) in [4.78, 5) is 36.7. The van der Waals surface area contributed by atoms with E-state index in [4.69, 9.17) is 0 Å². The van der Waals surface area contributed by atoms with E-state index in [0.717, 1.165) is 19.0 Å². The van der Waals surface area contributed by atoms with Crippen molar-refractivity contribution >= 4 is 22.4 Å². The Kier molecular flexibility index (Phi) is 4.91. The van der Waals surface area contributed by atoms with Gasteiger partial charge in [0.25, 0.3) is 6.54 Å². The van der Waals surface area contributed by atoms with Crippen molar-refractivity contribution < 1.29 is 14.1 Å². The third-order valence-corrected chi connectivity index (χ3v) is 5.57. The van der Waals surface area contributed by atoms with Crippen molar-refractivity contribution in [3.8, 4) is 0 Å². The lowest BCUT2D eigenvalue weighted by Crippen LogP contribution is -2.36. The van der Waals surface area contributed by atoms with Crippen LogP contribution in [0.1, 0.15) is 23.7 Å². The van der Waals surface area contributed by atoms with Crippen LogP contribution in [0.4, 0.5) is 10.1 Å². The Balaban J connectivity index is 1.81. The molecule has 0 radical (unpaired) electrons. The molecule has 3 heterocycles. The summed E-state index contributed by atoms with van der Waals surface area (Å²) in [7, 11) is 0. The number of rotatable bonds is 5.